The van der Waals surface area contributed by atoms with Gasteiger partial charge in [0.25, 0.3) is 0 Å². The number of piperidine rings is 1. The van der Waals surface area contributed by atoms with Gasteiger partial charge in [-0.15, -0.1) is 11.3 Å². The Morgan fingerprint density at radius 3 is 3.08 bits per heavy atom. The Kier molecular flexibility index (Phi) is 2.67. The second kappa shape index (κ2) is 3.78. The highest BCUT2D eigenvalue weighted by Crippen LogP contribution is 2.31. The zero-order chi connectivity index (χ0) is 9.26. The second-order valence-electron chi connectivity index (χ2n) is 3.75. The Morgan fingerprint density at radius 1 is 1.62 bits per heavy atom. The van der Waals surface area contributed by atoms with E-state index in [1.165, 1.54) is 17.8 Å². The smallest absolute Gasteiger partial charge is 0.0591 e. The highest BCUT2D eigenvalue weighted by Gasteiger charge is 2.28. The summed E-state index contributed by atoms with van der Waals surface area (Å²) in [5.74, 6) is 0. The van der Waals surface area contributed by atoms with Crippen molar-refractivity contribution in [1.29, 1.82) is 0 Å². The van der Waals surface area contributed by atoms with Gasteiger partial charge in [-0.25, -0.2) is 0 Å². The van der Waals surface area contributed by atoms with Crippen molar-refractivity contribution in [2.45, 2.75) is 24.9 Å². The van der Waals surface area contributed by atoms with Gasteiger partial charge in [0.2, 0.25) is 0 Å². The predicted octanol–water partition coefficient (Wildman–Crippen LogP) is 1.84. The van der Waals surface area contributed by atoms with Gasteiger partial charge in [0.05, 0.1) is 6.04 Å². The normalized spacial score (nSPS) is 30.6. The van der Waals surface area contributed by atoms with Crippen LogP contribution in [0.2, 0.25) is 0 Å². The zero-order valence-corrected chi connectivity index (χ0v) is 8.76. The third kappa shape index (κ3) is 1.77. The predicted molar refractivity (Wildman–Crippen MR) is 56.9 cm³/mol. The molecule has 1 aliphatic rings. The van der Waals surface area contributed by atoms with Crippen molar-refractivity contribution >= 4 is 11.3 Å². The quantitative estimate of drug-likeness (QED) is 0.742. The molecule has 0 saturated carbocycles. The van der Waals surface area contributed by atoms with E-state index in [-0.39, 0.29) is 0 Å². The van der Waals surface area contributed by atoms with Crippen LogP contribution < -0.4 is 5.73 Å². The molecule has 1 saturated heterocycles. The Hall–Kier alpha value is -0.380. The lowest BCUT2D eigenvalue weighted by atomic mass is 9.96. The van der Waals surface area contributed by atoms with Gasteiger partial charge < -0.3 is 5.73 Å². The maximum atomic E-state index is 6.13. The lowest BCUT2D eigenvalue weighted by Crippen LogP contribution is -2.43. The van der Waals surface area contributed by atoms with Crippen molar-refractivity contribution in [1.82, 2.24) is 4.90 Å². The first kappa shape index (κ1) is 9.19. The van der Waals surface area contributed by atoms with Crippen LogP contribution in [0.15, 0.2) is 17.5 Å². The summed E-state index contributed by atoms with van der Waals surface area (Å²) in [5.41, 5.74) is 6.13. The molecule has 1 aromatic rings. The van der Waals surface area contributed by atoms with E-state index in [9.17, 15) is 0 Å². The number of likely N-dealkylation sites (tertiary alicyclic amines) is 1. The van der Waals surface area contributed by atoms with E-state index >= 15 is 0 Å². The molecule has 2 N–H and O–H groups in total. The fraction of sp³-hybridized carbons (Fsp3) is 0.600. The summed E-state index contributed by atoms with van der Waals surface area (Å²) in [4.78, 5) is 3.79. The van der Waals surface area contributed by atoms with Crippen LogP contribution in [0.25, 0.3) is 0 Å². The second-order valence-corrected chi connectivity index (χ2v) is 4.73. The number of nitrogens with two attached hydrogens (primary N) is 1. The molecule has 2 nitrogen and oxygen atoms in total. The Morgan fingerprint density at radius 2 is 2.46 bits per heavy atom. The number of nitrogens with zero attached hydrogens (tertiary/aromatic N) is 1. The van der Waals surface area contributed by atoms with Gasteiger partial charge in [-0.2, -0.15) is 0 Å². The first-order chi connectivity index (χ1) is 6.29. The molecule has 1 fully saturated rings. The van der Waals surface area contributed by atoms with Gasteiger partial charge in [-0.05, 0) is 37.9 Å². The van der Waals surface area contributed by atoms with Crippen molar-refractivity contribution in [2.75, 3.05) is 13.6 Å². The summed E-state index contributed by atoms with van der Waals surface area (Å²) in [6.07, 6.45) is 2.40. The summed E-state index contributed by atoms with van der Waals surface area (Å²) in [5, 5.41) is 2.13. The number of rotatable bonds is 1. The van der Waals surface area contributed by atoms with Gasteiger partial charge in [0, 0.05) is 10.9 Å². The van der Waals surface area contributed by atoms with E-state index in [1.54, 1.807) is 0 Å². The Labute approximate surface area is 83.4 Å². The molecule has 1 aliphatic heterocycles. The van der Waals surface area contributed by atoms with Crippen molar-refractivity contribution in [2.24, 2.45) is 5.73 Å². The molecule has 0 bridgehead atoms. The summed E-state index contributed by atoms with van der Waals surface area (Å²) >= 11 is 1.82. The summed E-state index contributed by atoms with van der Waals surface area (Å²) in [6, 6.07) is 5.07. The van der Waals surface area contributed by atoms with Crippen molar-refractivity contribution in [3.05, 3.63) is 22.4 Å². The van der Waals surface area contributed by atoms with E-state index in [2.05, 4.69) is 29.5 Å². The minimum absolute atomic E-state index is 0.317. The fourth-order valence-electron chi connectivity index (χ4n) is 2.09. The zero-order valence-electron chi connectivity index (χ0n) is 7.94. The molecule has 13 heavy (non-hydrogen) atoms. The molecule has 0 spiro atoms. The minimum atomic E-state index is 0.317. The van der Waals surface area contributed by atoms with Gasteiger partial charge >= 0.3 is 0 Å². The van der Waals surface area contributed by atoms with Crippen LogP contribution in [0.1, 0.15) is 23.8 Å². The monoisotopic (exact) mass is 196 g/mol. The van der Waals surface area contributed by atoms with E-state index in [0.29, 0.717) is 12.1 Å². The third-order valence-electron chi connectivity index (χ3n) is 2.76. The molecule has 0 amide bonds. The molecule has 0 aliphatic carbocycles. The third-order valence-corrected chi connectivity index (χ3v) is 3.71. The lowest BCUT2D eigenvalue weighted by Gasteiger charge is -2.36. The van der Waals surface area contributed by atoms with E-state index in [4.69, 9.17) is 5.73 Å². The summed E-state index contributed by atoms with van der Waals surface area (Å²) < 4.78 is 0. The highest BCUT2D eigenvalue weighted by atomic mass is 32.1. The van der Waals surface area contributed by atoms with Gasteiger partial charge in [0.1, 0.15) is 0 Å². The average molecular weight is 196 g/mol. The van der Waals surface area contributed by atoms with Gasteiger partial charge in [0.15, 0.2) is 0 Å². The number of hydrogen-bond acceptors (Lipinski definition) is 3. The van der Waals surface area contributed by atoms with Crippen LogP contribution in [0.4, 0.5) is 0 Å². The van der Waals surface area contributed by atoms with Crippen LogP contribution in [-0.2, 0) is 0 Å². The van der Waals surface area contributed by atoms with Crippen LogP contribution in [0, 0.1) is 0 Å². The van der Waals surface area contributed by atoms with Crippen LogP contribution >= 0.6 is 11.3 Å². The molecule has 2 rings (SSSR count). The maximum absolute atomic E-state index is 6.13. The lowest BCUT2D eigenvalue weighted by molar-refractivity contribution is 0.166. The highest BCUT2D eigenvalue weighted by molar-refractivity contribution is 7.10. The molecule has 2 unspecified atom stereocenters. The van der Waals surface area contributed by atoms with E-state index < -0.39 is 0 Å². The number of thiophene rings is 1. The van der Waals surface area contributed by atoms with Gasteiger partial charge in [-0.1, -0.05) is 6.07 Å². The Balaban J connectivity index is 2.19. The van der Waals surface area contributed by atoms with Crippen molar-refractivity contribution in [3.63, 3.8) is 0 Å². The van der Waals surface area contributed by atoms with E-state index in [0.717, 1.165) is 6.42 Å². The molecule has 0 aromatic carbocycles. The van der Waals surface area contributed by atoms with Crippen molar-refractivity contribution in [3.8, 4) is 0 Å². The molecule has 72 valence electrons. The molecular weight excluding hydrogens is 180 g/mol. The van der Waals surface area contributed by atoms with E-state index in [1.807, 2.05) is 11.3 Å². The largest absolute Gasteiger partial charge is 0.326 e. The number of hydrogen-bond donors (Lipinski definition) is 1. The number of likely N-dealkylation sites (N-methyl/N-ethyl adjacent to an activating group) is 1. The first-order valence-electron chi connectivity index (χ1n) is 4.78. The molecule has 0 radical (unpaired) electrons. The summed E-state index contributed by atoms with van der Waals surface area (Å²) in [7, 11) is 2.17. The van der Waals surface area contributed by atoms with Crippen LogP contribution in [-0.4, -0.2) is 24.5 Å². The minimum Gasteiger partial charge on any atom is -0.326 e. The average Bonchev–Trinajstić information content (AvgIpc) is 2.57. The van der Waals surface area contributed by atoms with Crippen LogP contribution in [0.5, 0.6) is 0 Å². The standard InChI is InChI=1S/C10H16N2S/c1-12-6-2-4-8(11)10(12)9-5-3-7-13-9/h3,5,7-8,10H,2,4,6,11H2,1H3. The molecule has 3 heteroatoms. The van der Waals surface area contributed by atoms with Crippen LogP contribution in [0.3, 0.4) is 0 Å². The molecule has 1 aromatic heterocycles. The Bertz CT molecular complexity index is 248. The SMILES string of the molecule is CN1CCCC(N)C1c1cccs1. The maximum Gasteiger partial charge on any atom is 0.0591 e. The van der Waals surface area contributed by atoms with Gasteiger partial charge in [-0.3, -0.25) is 4.90 Å². The topological polar surface area (TPSA) is 29.3 Å². The molecule has 2 atom stereocenters. The van der Waals surface area contributed by atoms with Crippen molar-refractivity contribution < 1.29 is 0 Å². The summed E-state index contributed by atoms with van der Waals surface area (Å²) in [6.45, 7) is 1.18. The fourth-order valence-corrected chi connectivity index (χ4v) is 3.05. The molecule has 2 heterocycles. The first-order valence-corrected chi connectivity index (χ1v) is 5.66. The molecular formula is C10H16N2S.